The molecule has 0 radical (unpaired) electrons. The van der Waals surface area contributed by atoms with E-state index in [0.717, 1.165) is 0 Å². The lowest BCUT2D eigenvalue weighted by Crippen LogP contribution is -2.51. The second-order valence-electron chi connectivity index (χ2n) is 7.39. The highest BCUT2D eigenvalue weighted by molar-refractivity contribution is 5.96. The summed E-state index contributed by atoms with van der Waals surface area (Å²) < 4.78 is 1.65. The van der Waals surface area contributed by atoms with Crippen molar-refractivity contribution in [1.29, 1.82) is 0 Å². The van der Waals surface area contributed by atoms with Gasteiger partial charge in [0.05, 0.1) is 0 Å². The number of nitrogens with zero attached hydrogens (tertiary/aromatic N) is 3. The van der Waals surface area contributed by atoms with Crippen molar-refractivity contribution < 1.29 is 14.4 Å². The summed E-state index contributed by atoms with van der Waals surface area (Å²) in [6.45, 7) is 1.93. The van der Waals surface area contributed by atoms with Crippen LogP contribution in [-0.2, 0) is 11.3 Å². The number of nitrogens with one attached hydrogen (secondary N) is 1. The Hall–Kier alpha value is -3.87. The molecule has 7 nitrogen and oxygen atoms in total. The van der Waals surface area contributed by atoms with Gasteiger partial charge in [0.25, 0.3) is 11.8 Å². The highest BCUT2D eigenvalue weighted by Crippen LogP contribution is 2.13. The van der Waals surface area contributed by atoms with Crippen LogP contribution >= 0.6 is 0 Å². The largest absolute Gasteiger partial charge is 0.335 e. The molecule has 0 bridgehead atoms. The first kappa shape index (κ1) is 20.4. The minimum atomic E-state index is -0.199. The van der Waals surface area contributed by atoms with Gasteiger partial charge in [0.1, 0.15) is 12.2 Å². The van der Waals surface area contributed by atoms with Crippen LogP contribution in [0.4, 0.5) is 5.69 Å². The van der Waals surface area contributed by atoms with Gasteiger partial charge in [-0.2, -0.15) is 0 Å². The highest BCUT2D eigenvalue weighted by Gasteiger charge is 2.27. The van der Waals surface area contributed by atoms with E-state index >= 15 is 0 Å². The van der Waals surface area contributed by atoms with Gasteiger partial charge in [-0.3, -0.25) is 14.4 Å². The van der Waals surface area contributed by atoms with Gasteiger partial charge in [0.2, 0.25) is 5.91 Å². The lowest BCUT2D eigenvalue weighted by Gasteiger charge is -2.35. The van der Waals surface area contributed by atoms with Gasteiger partial charge in [-0.05, 0) is 36.4 Å². The molecule has 1 aliphatic rings. The fourth-order valence-corrected chi connectivity index (χ4v) is 3.66. The molecule has 0 saturated carbocycles. The van der Waals surface area contributed by atoms with E-state index in [1.54, 1.807) is 44.8 Å². The van der Waals surface area contributed by atoms with E-state index in [0.29, 0.717) is 43.1 Å². The molecule has 7 heteroatoms. The Kier molecular flexibility index (Phi) is 6.12. The molecule has 2 aromatic carbocycles. The van der Waals surface area contributed by atoms with E-state index < -0.39 is 0 Å². The van der Waals surface area contributed by atoms with Gasteiger partial charge in [-0.15, -0.1) is 0 Å². The van der Waals surface area contributed by atoms with E-state index in [9.17, 15) is 14.4 Å². The number of anilines is 1. The van der Waals surface area contributed by atoms with Gasteiger partial charge in [0.15, 0.2) is 0 Å². The normalized spacial score (nSPS) is 13.7. The summed E-state index contributed by atoms with van der Waals surface area (Å²) in [5.41, 5.74) is 1.83. The molecule has 1 N–H and O–H groups in total. The Bertz CT molecular complexity index is 1050. The molecule has 0 spiro atoms. The van der Waals surface area contributed by atoms with Crippen LogP contribution in [0.5, 0.6) is 0 Å². The summed E-state index contributed by atoms with van der Waals surface area (Å²) >= 11 is 0. The molecule has 1 aromatic heterocycles. The van der Waals surface area contributed by atoms with Crippen molar-refractivity contribution in [1.82, 2.24) is 14.4 Å². The highest BCUT2D eigenvalue weighted by atomic mass is 16.2. The average molecular weight is 416 g/mol. The number of hydrogen-bond acceptors (Lipinski definition) is 3. The van der Waals surface area contributed by atoms with E-state index in [1.807, 2.05) is 48.5 Å². The molecule has 1 saturated heterocycles. The number of carbonyl (C=O) groups is 3. The number of carbonyl (C=O) groups excluding carboxylic acids is 3. The zero-order valence-corrected chi connectivity index (χ0v) is 17.1. The molecule has 0 unspecified atom stereocenters. The van der Waals surface area contributed by atoms with Gasteiger partial charge in [0, 0.05) is 43.6 Å². The van der Waals surface area contributed by atoms with E-state index in [2.05, 4.69) is 5.32 Å². The molecular formula is C24H24N4O3. The van der Waals surface area contributed by atoms with Crippen LogP contribution in [0.3, 0.4) is 0 Å². The summed E-state index contributed by atoms with van der Waals surface area (Å²) in [5, 5.41) is 2.83. The maximum Gasteiger partial charge on any atom is 0.270 e. The second-order valence-corrected chi connectivity index (χ2v) is 7.39. The first-order valence-corrected chi connectivity index (χ1v) is 10.3. The number of piperazine rings is 1. The SMILES string of the molecule is O=C(Cn1cccc1C(=O)N1CCN(C(=O)c2ccccc2)CC1)Nc1ccccc1. The summed E-state index contributed by atoms with van der Waals surface area (Å²) in [5.74, 6) is -0.354. The number of aromatic nitrogens is 1. The maximum atomic E-state index is 13.0. The van der Waals surface area contributed by atoms with Crippen LogP contribution in [0, 0.1) is 0 Å². The summed E-state index contributed by atoms with van der Waals surface area (Å²) in [4.78, 5) is 41.5. The Morgan fingerprint density at radius 2 is 1.29 bits per heavy atom. The summed E-state index contributed by atoms with van der Waals surface area (Å²) in [7, 11) is 0. The van der Waals surface area contributed by atoms with Crippen molar-refractivity contribution in [3.8, 4) is 0 Å². The van der Waals surface area contributed by atoms with Gasteiger partial charge >= 0.3 is 0 Å². The number of para-hydroxylation sites is 1. The number of benzene rings is 2. The van der Waals surface area contributed by atoms with Gasteiger partial charge in [-0.1, -0.05) is 36.4 Å². The van der Waals surface area contributed by atoms with Crippen molar-refractivity contribution in [3.05, 3.63) is 90.3 Å². The Balaban J connectivity index is 1.35. The predicted molar refractivity (Wildman–Crippen MR) is 118 cm³/mol. The van der Waals surface area contributed by atoms with Crippen molar-refractivity contribution in [2.45, 2.75) is 6.54 Å². The van der Waals surface area contributed by atoms with Crippen LogP contribution in [0.2, 0.25) is 0 Å². The first-order valence-electron chi connectivity index (χ1n) is 10.3. The van der Waals surface area contributed by atoms with Crippen molar-refractivity contribution in [2.24, 2.45) is 0 Å². The monoisotopic (exact) mass is 416 g/mol. The average Bonchev–Trinajstić information content (AvgIpc) is 3.27. The molecule has 158 valence electrons. The van der Waals surface area contributed by atoms with Crippen LogP contribution in [0.15, 0.2) is 79.0 Å². The zero-order valence-electron chi connectivity index (χ0n) is 17.1. The predicted octanol–water partition coefficient (Wildman–Crippen LogP) is 2.73. The molecule has 31 heavy (non-hydrogen) atoms. The molecule has 0 aliphatic carbocycles. The lowest BCUT2D eigenvalue weighted by molar-refractivity contribution is -0.116. The Morgan fingerprint density at radius 3 is 1.94 bits per heavy atom. The Morgan fingerprint density at radius 1 is 0.710 bits per heavy atom. The molecule has 3 amide bonds. The van der Waals surface area contributed by atoms with Crippen molar-refractivity contribution >= 4 is 23.4 Å². The molecule has 3 aromatic rings. The van der Waals surface area contributed by atoms with Crippen LogP contribution in [0.25, 0.3) is 0 Å². The smallest absolute Gasteiger partial charge is 0.270 e. The third kappa shape index (κ3) is 4.83. The Labute approximate surface area is 180 Å². The fraction of sp³-hybridized carbons (Fsp3) is 0.208. The van der Waals surface area contributed by atoms with Gasteiger partial charge < -0.3 is 19.7 Å². The number of rotatable bonds is 5. The molecule has 1 aliphatic heterocycles. The lowest BCUT2D eigenvalue weighted by atomic mass is 10.2. The van der Waals surface area contributed by atoms with E-state index in [-0.39, 0.29) is 24.3 Å². The third-order valence-corrected chi connectivity index (χ3v) is 5.29. The maximum absolute atomic E-state index is 13.0. The van der Waals surface area contributed by atoms with Crippen molar-refractivity contribution in [2.75, 3.05) is 31.5 Å². The van der Waals surface area contributed by atoms with E-state index in [1.165, 1.54) is 0 Å². The zero-order chi connectivity index (χ0) is 21.6. The van der Waals surface area contributed by atoms with Crippen LogP contribution in [-0.4, -0.2) is 58.3 Å². The third-order valence-electron chi connectivity index (χ3n) is 5.29. The topological polar surface area (TPSA) is 74.7 Å². The van der Waals surface area contributed by atoms with Crippen molar-refractivity contribution in [3.63, 3.8) is 0 Å². The van der Waals surface area contributed by atoms with Gasteiger partial charge in [-0.25, -0.2) is 0 Å². The summed E-state index contributed by atoms with van der Waals surface area (Å²) in [6, 6.07) is 21.9. The number of hydrogen-bond donors (Lipinski definition) is 1. The quantitative estimate of drug-likeness (QED) is 0.695. The minimum Gasteiger partial charge on any atom is -0.335 e. The molecule has 0 atom stereocenters. The second kappa shape index (κ2) is 9.30. The molecule has 4 rings (SSSR count). The molecule has 2 heterocycles. The first-order chi connectivity index (χ1) is 15.1. The van der Waals surface area contributed by atoms with Crippen LogP contribution < -0.4 is 5.32 Å². The fourth-order valence-electron chi connectivity index (χ4n) is 3.66. The van der Waals surface area contributed by atoms with E-state index in [4.69, 9.17) is 0 Å². The molecule has 1 fully saturated rings. The molecular weight excluding hydrogens is 392 g/mol. The number of amides is 3. The summed E-state index contributed by atoms with van der Waals surface area (Å²) in [6.07, 6.45) is 1.73. The standard InChI is InChI=1S/C24H24N4O3/c29-22(25-20-10-5-2-6-11-20)18-28-13-7-12-21(28)24(31)27-16-14-26(15-17-27)23(30)19-8-3-1-4-9-19/h1-13H,14-18H2,(H,25,29). The van der Waals surface area contributed by atoms with Crippen LogP contribution in [0.1, 0.15) is 20.8 Å². The minimum absolute atomic E-state index is 0.0198.